The first kappa shape index (κ1) is 12.8. The summed E-state index contributed by atoms with van der Waals surface area (Å²) in [6.07, 6.45) is 6.15. The van der Waals surface area contributed by atoms with Gasteiger partial charge in [0.25, 0.3) is 0 Å². The third kappa shape index (κ3) is 4.00. The van der Waals surface area contributed by atoms with Crippen molar-refractivity contribution in [1.29, 1.82) is 0 Å². The van der Waals surface area contributed by atoms with Crippen molar-refractivity contribution in [2.24, 2.45) is 5.41 Å². The summed E-state index contributed by atoms with van der Waals surface area (Å²) in [5, 5.41) is 8.77. The van der Waals surface area contributed by atoms with Gasteiger partial charge in [0.05, 0.1) is 19.6 Å². The van der Waals surface area contributed by atoms with Crippen molar-refractivity contribution in [3.05, 3.63) is 42.0 Å². The Morgan fingerprint density at radius 2 is 2.06 bits per heavy atom. The molecule has 0 saturated heterocycles. The minimum atomic E-state index is -0.726. The van der Waals surface area contributed by atoms with E-state index in [1.165, 1.54) is 0 Å². The summed E-state index contributed by atoms with van der Waals surface area (Å²) in [5.41, 5.74) is 1.07. The number of benzene rings is 1. The summed E-state index contributed by atoms with van der Waals surface area (Å²) in [4.78, 5) is 10.7. The number of rotatable bonds is 7. The molecule has 1 aliphatic rings. The van der Waals surface area contributed by atoms with E-state index >= 15 is 0 Å². The maximum Gasteiger partial charge on any atom is 0.303 e. The van der Waals surface area contributed by atoms with Crippen molar-refractivity contribution >= 4 is 12.0 Å². The Labute approximate surface area is 107 Å². The van der Waals surface area contributed by atoms with Crippen molar-refractivity contribution in [1.82, 2.24) is 0 Å². The number of hydrogen-bond acceptors (Lipinski definition) is 2. The molecule has 1 saturated carbocycles. The summed E-state index contributed by atoms with van der Waals surface area (Å²) >= 11 is 0. The highest BCUT2D eigenvalue weighted by atomic mass is 16.5. The summed E-state index contributed by atoms with van der Waals surface area (Å²) < 4.78 is 5.53. The van der Waals surface area contributed by atoms with E-state index in [2.05, 4.69) is 0 Å². The van der Waals surface area contributed by atoms with Gasteiger partial charge >= 0.3 is 5.97 Å². The average molecular weight is 246 g/mol. The van der Waals surface area contributed by atoms with Crippen LogP contribution >= 0.6 is 0 Å². The van der Waals surface area contributed by atoms with Gasteiger partial charge in [-0.05, 0) is 18.4 Å². The largest absolute Gasteiger partial charge is 0.481 e. The number of carbonyl (C=O) groups is 1. The highest BCUT2D eigenvalue weighted by Gasteiger charge is 2.44. The van der Waals surface area contributed by atoms with Crippen LogP contribution in [-0.4, -0.2) is 24.3 Å². The van der Waals surface area contributed by atoms with Crippen LogP contribution < -0.4 is 0 Å². The van der Waals surface area contributed by atoms with Gasteiger partial charge < -0.3 is 9.84 Å². The van der Waals surface area contributed by atoms with E-state index in [1.54, 1.807) is 0 Å². The number of hydrogen-bond donors (Lipinski definition) is 1. The van der Waals surface area contributed by atoms with E-state index in [1.807, 2.05) is 42.5 Å². The van der Waals surface area contributed by atoms with E-state index in [9.17, 15) is 4.79 Å². The van der Waals surface area contributed by atoms with E-state index in [0.29, 0.717) is 13.2 Å². The van der Waals surface area contributed by atoms with Crippen LogP contribution in [0.3, 0.4) is 0 Å². The Balaban J connectivity index is 1.67. The van der Waals surface area contributed by atoms with Crippen molar-refractivity contribution in [2.45, 2.75) is 19.3 Å². The number of aliphatic carboxylic acids is 1. The van der Waals surface area contributed by atoms with Crippen LogP contribution in [0.15, 0.2) is 36.4 Å². The van der Waals surface area contributed by atoms with Crippen LogP contribution in [0.25, 0.3) is 6.08 Å². The maximum absolute atomic E-state index is 10.7. The fourth-order valence-corrected chi connectivity index (χ4v) is 1.96. The lowest BCUT2D eigenvalue weighted by Crippen LogP contribution is -2.15. The van der Waals surface area contributed by atoms with Crippen LogP contribution in [0.1, 0.15) is 24.8 Å². The molecule has 1 aromatic rings. The molecular formula is C15H18O3. The second kappa shape index (κ2) is 5.83. The summed E-state index contributed by atoms with van der Waals surface area (Å²) in [6, 6.07) is 10.0. The van der Waals surface area contributed by atoms with E-state index in [0.717, 1.165) is 18.4 Å². The molecule has 3 heteroatoms. The molecule has 18 heavy (non-hydrogen) atoms. The zero-order valence-electron chi connectivity index (χ0n) is 10.3. The first-order chi connectivity index (χ1) is 8.70. The molecule has 0 aromatic heterocycles. The Kier molecular flexibility index (Phi) is 4.15. The van der Waals surface area contributed by atoms with Gasteiger partial charge in [0.15, 0.2) is 0 Å². The van der Waals surface area contributed by atoms with Crippen LogP contribution in [-0.2, 0) is 9.53 Å². The Hall–Kier alpha value is -1.61. The molecule has 0 unspecified atom stereocenters. The molecule has 1 fully saturated rings. The third-order valence-corrected chi connectivity index (χ3v) is 3.22. The predicted octanol–water partition coefficient (Wildman–Crippen LogP) is 2.97. The number of ether oxygens (including phenoxy) is 1. The van der Waals surface area contributed by atoms with Crippen LogP contribution in [0.5, 0.6) is 0 Å². The van der Waals surface area contributed by atoms with Gasteiger partial charge in [-0.15, -0.1) is 0 Å². The topological polar surface area (TPSA) is 46.5 Å². The van der Waals surface area contributed by atoms with Gasteiger partial charge in [-0.25, -0.2) is 0 Å². The molecule has 0 heterocycles. The zero-order chi connectivity index (χ0) is 12.8. The van der Waals surface area contributed by atoms with Gasteiger partial charge in [-0.1, -0.05) is 42.5 Å². The first-order valence-corrected chi connectivity index (χ1v) is 6.21. The lowest BCUT2D eigenvalue weighted by molar-refractivity contribution is -0.139. The first-order valence-electron chi connectivity index (χ1n) is 6.21. The second-order valence-corrected chi connectivity index (χ2v) is 4.90. The third-order valence-electron chi connectivity index (χ3n) is 3.22. The normalized spacial score (nSPS) is 16.9. The van der Waals surface area contributed by atoms with Crippen LogP contribution in [0.2, 0.25) is 0 Å². The predicted molar refractivity (Wildman–Crippen MR) is 70.2 cm³/mol. The van der Waals surface area contributed by atoms with Crippen molar-refractivity contribution in [3.63, 3.8) is 0 Å². The number of carboxylic acids is 1. The molecule has 1 aliphatic carbocycles. The monoisotopic (exact) mass is 246 g/mol. The highest BCUT2D eigenvalue weighted by molar-refractivity contribution is 5.68. The van der Waals surface area contributed by atoms with Gasteiger partial charge in [-0.2, -0.15) is 0 Å². The number of carboxylic acid groups (broad SMARTS) is 1. The molecule has 0 amide bonds. The maximum atomic E-state index is 10.7. The molecule has 0 bridgehead atoms. The fraction of sp³-hybridized carbons (Fsp3) is 0.400. The van der Waals surface area contributed by atoms with Gasteiger partial charge in [0, 0.05) is 5.41 Å². The zero-order valence-corrected chi connectivity index (χ0v) is 10.3. The molecule has 2 rings (SSSR count). The van der Waals surface area contributed by atoms with Crippen molar-refractivity contribution in [3.8, 4) is 0 Å². The van der Waals surface area contributed by atoms with Gasteiger partial charge in [-0.3, -0.25) is 4.79 Å². The quantitative estimate of drug-likeness (QED) is 0.752. The second-order valence-electron chi connectivity index (χ2n) is 4.90. The molecule has 0 atom stereocenters. The standard InChI is InChI=1S/C15H18O3/c16-14(17)11-15(8-9-15)12-18-10-4-7-13-5-2-1-3-6-13/h1-7H,8-12H2,(H,16,17). The lowest BCUT2D eigenvalue weighted by atomic mass is 10.0. The van der Waals surface area contributed by atoms with E-state index < -0.39 is 5.97 Å². The molecule has 1 N–H and O–H groups in total. The minimum absolute atomic E-state index is 0.0770. The highest BCUT2D eigenvalue weighted by Crippen LogP contribution is 2.48. The van der Waals surface area contributed by atoms with E-state index in [-0.39, 0.29) is 11.8 Å². The molecule has 3 nitrogen and oxygen atoms in total. The molecular weight excluding hydrogens is 228 g/mol. The van der Waals surface area contributed by atoms with Gasteiger partial charge in [0.1, 0.15) is 0 Å². The van der Waals surface area contributed by atoms with Gasteiger partial charge in [0.2, 0.25) is 0 Å². The van der Waals surface area contributed by atoms with Crippen molar-refractivity contribution in [2.75, 3.05) is 13.2 Å². The summed E-state index contributed by atoms with van der Waals surface area (Å²) in [7, 11) is 0. The average Bonchev–Trinajstić information content (AvgIpc) is 3.09. The Morgan fingerprint density at radius 3 is 2.67 bits per heavy atom. The Bertz CT molecular complexity index is 419. The summed E-state index contributed by atoms with van der Waals surface area (Å²) in [5.74, 6) is -0.726. The molecule has 0 spiro atoms. The summed E-state index contributed by atoms with van der Waals surface area (Å²) in [6.45, 7) is 1.09. The van der Waals surface area contributed by atoms with Crippen LogP contribution in [0, 0.1) is 5.41 Å². The van der Waals surface area contributed by atoms with Crippen LogP contribution in [0.4, 0.5) is 0 Å². The van der Waals surface area contributed by atoms with E-state index in [4.69, 9.17) is 9.84 Å². The molecule has 0 aliphatic heterocycles. The minimum Gasteiger partial charge on any atom is -0.481 e. The SMILES string of the molecule is O=C(O)CC1(COCC=Cc2ccccc2)CC1. The Morgan fingerprint density at radius 1 is 1.33 bits per heavy atom. The lowest BCUT2D eigenvalue weighted by Gasteiger charge is -2.11. The van der Waals surface area contributed by atoms with Crippen molar-refractivity contribution < 1.29 is 14.6 Å². The fourth-order valence-electron chi connectivity index (χ4n) is 1.96. The molecule has 1 aromatic carbocycles. The smallest absolute Gasteiger partial charge is 0.303 e. The molecule has 0 radical (unpaired) electrons. The molecule has 96 valence electrons.